The predicted octanol–water partition coefficient (Wildman–Crippen LogP) is 2.94. The van der Waals surface area contributed by atoms with Crippen LogP contribution in [0.15, 0.2) is 41.4 Å². The maximum atomic E-state index is 13.4. The summed E-state index contributed by atoms with van der Waals surface area (Å²) in [5.74, 6) is 1.56. The molecular weight excluding hydrogens is 361 g/mol. The number of aryl methyl sites for hydroxylation is 1. The van der Waals surface area contributed by atoms with Gasteiger partial charge in [0, 0.05) is 18.7 Å². The molecule has 6 nitrogen and oxygen atoms in total. The summed E-state index contributed by atoms with van der Waals surface area (Å²) in [6, 6.07) is 10.2. The van der Waals surface area contributed by atoms with Gasteiger partial charge >= 0.3 is 0 Å². The monoisotopic (exact) mass is 389 g/mol. The van der Waals surface area contributed by atoms with Gasteiger partial charge in [-0.3, -0.25) is 0 Å². The molecule has 28 heavy (non-hydrogen) atoms. The van der Waals surface area contributed by atoms with Gasteiger partial charge in [0.05, 0.1) is 26.9 Å². The molecule has 0 aliphatic carbocycles. The quantitative estimate of drug-likeness (QED) is 0.478. The first-order valence-corrected chi connectivity index (χ1v) is 9.15. The number of methoxy groups -OCH3 is 2. The van der Waals surface area contributed by atoms with Crippen molar-refractivity contribution in [3.8, 4) is 11.5 Å². The Morgan fingerprint density at radius 3 is 2.57 bits per heavy atom. The molecule has 3 N–H and O–H groups in total. The largest absolute Gasteiger partial charge is 0.497 e. The molecule has 0 aliphatic heterocycles. The summed E-state index contributed by atoms with van der Waals surface area (Å²) in [4.78, 5) is 4.50. The number of aliphatic hydroxyl groups is 1. The maximum Gasteiger partial charge on any atom is 0.191 e. The van der Waals surface area contributed by atoms with E-state index in [0.29, 0.717) is 41.7 Å². The Morgan fingerprint density at radius 2 is 1.93 bits per heavy atom. The molecular formula is C21H28FN3O3. The van der Waals surface area contributed by atoms with E-state index in [-0.39, 0.29) is 12.4 Å². The molecule has 0 bridgehead atoms. The number of benzene rings is 2. The van der Waals surface area contributed by atoms with Crippen molar-refractivity contribution >= 4 is 5.96 Å². The van der Waals surface area contributed by atoms with Crippen molar-refractivity contribution in [2.75, 3.05) is 27.3 Å². The molecule has 1 unspecified atom stereocenters. The van der Waals surface area contributed by atoms with E-state index in [1.165, 1.54) is 6.07 Å². The van der Waals surface area contributed by atoms with Crippen molar-refractivity contribution in [2.24, 2.45) is 4.99 Å². The van der Waals surface area contributed by atoms with Crippen LogP contribution in [0.5, 0.6) is 11.5 Å². The highest BCUT2D eigenvalue weighted by atomic mass is 19.1. The van der Waals surface area contributed by atoms with Crippen LogP contribution in [0.25, 0.3) is 0 Å². The van der Waals surface area contributed by atoms with Crippen LogP contribution < -0.4 is 20.1 Å². The molecule has 0 spiro atoms. The lowest BCUT2D eigenvalue weighted by Gasteiger charge is -2.18. The van der Waals surface area contributed by atoms with E-state index in [1.54, 1.807) is 51.5 Å². The van der Waals surface area contributed by atoms with E-state index in [2.05, 4.69) is 15.6 Å². The van der Waals surface area contributed by atoms with Crippen LogP contribution in [0.1, 0.15) is 29.7 Å². The van der Waals surface area contributed by atoms with Crippen LogP contribution in [0.3, 0.4) is 0 Å². The number of ether oxygens (including phenoxy) is 2. The van der Waals surface area contributed by atoms with Crippen LogP contribution in [0, 0.1) is 12.7 Å². The minimum absolute atomic E-state index is 0.229. The fourth-order valence-electron chi connectivity index (χ4n) is 2.72. The first kappa shape index (κ1) is 21.5. The third-order valence-corrected chi connectivity index (χ3v) is 4.25. The van der Waals surface area contributed by atoms with Crippen molar-refractivity contribution in [1.29, 1.82) is 0 Å². The van der Waals surface area contributed by atoms with Gasteiger partial charge in [0.1, 0.15) is 17.3 Å². The normalized spacial score (nSPS) is 12.4. The van der Waals surface area contributed by atoms with E-state index in [1.807, 2.05) is 6.92 Å². The lowest BCUT2D eigenvalue weighted by atomic mass is 10.1. The Balaban J connectivity index is 2.06. The molecule has 0 amide bonds. The first-order chi connectivity index (χ1) is 13.5. The fraction of sp³-hybridized carbons (Fsp3) is 0.381. The Labute approximate surface area is 165 Å². The molecule has 0 fully saturated rings. The van der Waals surface area contributed by atoms with E-state index < -0.39 is 6.10 Å². The van der Waals surface area contributed by atoms with Crippen LogP contribution >= 0.6 is 0 Å². The SMILES string of the molecule is CCNC(=NCc1ccc(F)c(C)c1)NCC(O)c1cc(OC)ccc1OC. The highest BCUT2D eigenvalue weighted by Crippen LogP contribution is 2.29. The fourth-order valence-corrected chi connectivity index (χ4v) is 2.72. The van der Waals surface area contributed by atoms with Gasteiger partial charge in [0.15, 0.2) is 5.96 Å². The molecule has 7 heteroatoms. The summed E-state index contributed by atoms with van der Waals surface area (Å²) in [5, 5.41) is 16.9. The van der Waals surface area contributed by atoms with Gasteiger partial charge in [-0.15, -0.1) is 0 Å². The first-order valence-electron chi connectivity index (χ1n) is 9.15. The van der Waals surface area contributed by atoms with Gasteiger partial charge in [-0.1, -0.05) is 12.1 Å². The summed E-state index contributed by atoms with van der Waals surface area (Å²) < 4.78 is 23.9. The summed E-state index contributed by atoms with van der Waals surface area (Å²) in [7, 11) is 3.13. The molecule has 0 saturated heterocycles. The number of hydrogen-bond donors (Lipinski definition) is 3. The number of guanidine groups is 1. The summed E-state index contributed by atoms with van der Waals surface area (Å²) in [6.07, 6.45) is -0.818. The zero-order valence-electron chi connectivity index (χ0n) is 16.8. The zero-order chi connectivity index (χ0) is 20.5. The highest BCUT2D eigenvalue weighted by molar-refractivity contribution is 5.79. The second-order valence-electron chi connectivity index (χ2n) is 6.28. The summed E-state index contributed by atoms with van der Waals surface area (Å²) >= 11 is 0. The Bertz CT molecular complexity index is 811. The molecule has 0 saturated carbocycles. The Hall–Kier alpha value is -2.80. The molecule has 0 aliphatic rings. The number of aliphatic imine (C=N–C) groups is 1. The van der Waals surface area contributed by atoms with Crippen LogP contribution in [0.2, 0.25) is 0 Å². The van der Waals surface area contributed by atoms with E-state index in [9.17, 15) is 9.50 Å². The lowest BCUT2D eigenvalue weighted by Crippen LogP contribution is -2.39. The number of nitrogens with one attached hydrogen (secondary N) is 2. The van der Waals surface area contributed by atoms with Crippen molar-refractivity contribution in [2.45, 2.75) is 26.5 Å². The lowest BCUT2D eigenvalue weighted by molar-refractivity contribution is 0.176. The van der Waals surface area contributed by atoms with E-state index >= 15 is 0 Å². The van der Waals surface area contributed by atoms with Crippen molar-refractivity contribution in [3.63, 3.8) is 0 Å². The molecule has 2 aromatic rings. The highest BCUT2D eigenvalue weighted by Gasteiger charge is 2.15. The van der Waals surface area contributed by atoms with Gasteiger partial charge in [-0.25, -0.2) is 9.38 Å². The van der Waals surface area contributed by atoms with Crippen molar-refractivity contribution in [3.05, 3.63) is 58.9 Å². The molecule has 1 atom stereocenters. The van der Waals surface area contributed by atoms with E-state index in [4.69, 9.17) is 9.47 Å². The number of halogens is 1. The van der Waals surface area contributed by atoms with Crippen LogP contribution in [-0.2, 0) is 6.54 Å². The third kappa shape index (κ3) is 5.85. The van der Waals surface area contributed by atoms with Gasteiger partial charge in [-0.05, 0) is 49.2 Å². The average Bonchev–Trinajstić information content (AvgIpc) is 2.71. The van der Waals surface area contributed by atoms with Gasteiger partial charge in [0.2, 0.25) is 0 Å². The molecule has 152 valence electrons. The van der Waals surface area contributed by atoms with Gasteiger partial charge in [0.25, 0.3) is 0 Å². The number of rotatable bonds is 8. The smallest absolute Gasteiger partial charge is 0.191 e. The standard InChI is InChI=1S/C21H28FN3O3/c1-5-23-21(24-12-15-6-8-18(22)14(2)10-15)25-13-19(26)17-11-16(27-3)7-9-20(17)28-4/h6-11,19,26H,5,12-13H2,1-4H3,(H2,23,24,25). The minimum atomic E-state index is -0.818. The second-order valence-corrected chi connectivity index (χ2v) is 6.28. The molecule has 0 radical (unpaired) electrons. The predicted molar refractivity (Wildman–Crippen MR) is 108 cm³/mol. The third-order valence-electron chi connectivity index (χ3n) is 4.25. The number of nitrogens with zero attached hydrogens (tertiary/aromatic N) is 1. The topological polar surface area (TPSA) is 75.1 Å². The maximum absolute atomic E-state index is 13.4. The van der Waals surface area contributed by atoms with Crippen molar-refractivity contribution < 1.29 is 19.0 Å². The van der Waals surface area contributed by atoms with Gasteiger partial charge < -0.3 is 25.2 Å². The van der Waals surface area contributed by atoms with Crippen molar-refractivity contribution in [1.82, 2.24) is 10.6 Å². The molecule has 2 aromatic carbocycles. The Morgan fingerprint density at radius 1 is 1.14 bits per heavy atom. The molecule has 0 aromatic heterocycles. The number of hydrogen-bond acceptors (Lipinski definition) is 4. The molecule has 0 heterocycles. The zero-order valence-corrected chi connectivity index (χ0v) is 16.8. The molecule has 2 rings (SSSR count). The van der Waals surface area contributed by atoms with Crippen LogP contribution in [-0.4, -0.2) is 38.4 Å². The minimum Gasteiger partial charge on any atom is -0.497 e. The Kier molecular flexibility index (Phi) is 8.07. The average molecular weight is 389 g/mol. The summed E-state index contributed by atoms with van der Waals surface area (Å²) in [5.41, 5.74) is 2.12. The summed E-state index contributed by atoms with van der Waals surface area (Å²) in [6.45, 7) is 4.99. The van der Waals surface area contributed by atoms with Gasteiger partial charge in [-0.2, -0.15) is 0 Å². The number of aliphatic hydroxyl groups excluding tert-OH is 1. The van der Waals surface area contributed by atoms with E-state index in [0.717, 1.165) is 5.56 Å². The van der Waals surface area contributed by atoms with Crippen LogP contribution in [0.4, 0.5) is 4.39 Å². The second kappa shape index (κ2) is 10.5.